The SMILES string of the molecule is CCCCN1CCCc2cc(CN(CCCN3CCOCC3)C(=S)Nc3ccc(C)cc3C)ccc21. The number of unbranched alkanes of at least 4 members (excludes halogenated alkanes) is 1. The van der Waals surface area contributed by atoms with Crippen LogP contribution in [0.2, 0.25) is 0 Å². The van der Waals surface area contributed by atoms with Crippen LogP contribution < -0.4 is 10.2 Å². The van der Waals surface area contributed by atoms with Crippen LogP contribution >= 0.6 is 12.2 Å². The van der Waals surface area contributed by atoms with Gasteiger partial charge in [-0.1, -0.05) is 43.2 Å². The normalized spacial score (nSPS) is 16.0. The molecule has 2 aromatic rings. The summed E-state index contributed by atoms with van der Waals surface area (Å²) in [5.41, 5.74) is 7.88. The van der Waals surface area contributed by atoms with E-state index in [0.29, 0.717) is 0 Å². The number of hydrogen-bond acceptors (Lipinski definition) is 4. The summed E-state index contributed by atoms with van der Waals surface area (Å²) in [6.45, 7) is 15.5. The van der Waals surface area contributed by atoms with E-state index in [1.165, 1.54) is 66.7 Å². The number of nitrogens with one attached hydrogen (secondary N) is 1. The highest BCUT2D eigenvalue weighted by Crippen LogP contribution is 2.29. The van der Waals surface area contributed by atoms with Crippen LogP contribution in [-0.2, 0) is 17.7 Å². The van der Waals surface area contributed by atoms with E-state index in [9.17, 15) is 0 Å². The Morgan fingerprint density at radius 2 is 1.86 bits per heavy atom. The van der Waals surface area contributed by atoms with Gasteiger partial charge in [0.25, 0.3) is 0 Å². The number of thiocarbonyl (C=S) groups is 1. The third kappa shape index (κ3) is 7.44. The van der Waals surface area contributed by atoms with E-state index in [-0.39, 0.29) is 0 Å². The van der Waals surface area contributed by atoms with Crippen molar-refractivity contribution in [1.82, 2.24) is 9.80 Å². The third-order valence-electron chi connectivity index (χ3n) is 7.43. The zero-order chi connectivity index (χ0) is 25.3. The lowest BCUT2D eigenvalue weighted by Crippen LogP contribution is -2.40. The van der Waals surface area contributed by atoms with E-state index in [0.717, 1.165) is 63.2 Å². The minimum absolute atomic E-state index is 0.811. The second-order valence-corrected chi connectivity index (χ2v) is 10.8. The van der Waals surface area contributed by atoms with Gasteiger partial charge in [0.05, 0.1) is 13.2 Å². The highest BCUT2D eigenvalue weighted by molar-refractivity contribution is 7.80. The Balaban J connectivity index is 1.45. The van der Waals surface area contributed by atoms with E-state index >= 15 is 0 Å². The molecule has 5 nitrogen and oxygen atoms in total. The van der Waals surface area contributed by atoms with Crippen LogP contribution in [0.4, 0.5) is 11.4 Å². The van der Waals surface area contributed by atoms with Crippen LogP contribution in [-0.4, -0.2) is 67.4 Å². The van der Waals surface area contributed by atoms with Crippen molar-refractivity contribution in [2.75, 3.05) is 62.7 Å². The molecule has 0 radical (unpaired) electrons. The second kappa shape index (κ2) is 13.4. The molecule has 0 atom stereocenters. The molecular weight excluding hydrogens is 464 g/mol. The average molecular weight is 509 g/mol. The van der Waals surface area contributed by atoms with Gasteiger partial charge in [0.2, 0.25) is 0 Å². The van der Waals surface area contributed by atoms with E-state index in [1.807, 2.05) is 0 Å². The first kappa shape index (κ1) is 26.9. The molecule has 0 aromatic heterocycles. The first-order valence-corrected chi connectivity index (χ1v) is 14.2. The van der Waals surface area contributed by atoms with Gasteiger partial charge in [0, 0.05) is 57.2 Å². The predicted octanol–water partition coefficient (Wildman–Crippen LogP) is 5.78. The van der Waals surface area contributed by atoms with Gasteiger partial charge < -0.3 is 19.9 Å². The number of anilines is 2. The maximum atomic E-state index is 5.98. The fraction of sp³-hybridized carbons (Fsp3) is 0.567. The monoisotopic (exact) mass is 508 g/mol. The van der Waals surface area contributed by atoms with Crippen molar-refractivity contribution in [3.8, 4) is 0 Å². The van der Waals surface area contributed by atoms with Crippen molar-refractivity contribution in [2.24, 2.45) is 0 Å². The van der Waals surface area contributed by atoms with Crippen molar-refractivity contribution < 1.29 is 4.74 Å². The fourth-order valence-electron chi connectivity index (χ4n) is 5.34. The minimum Gasteiger partial charge on any atom is -0.379 e. The van der Waals surface area contributed by atoms with Crippen LogP contribution in [0.15, 0.2) is 36.4 Å². The Labute approximate surface area is 223 Å². The number of benzene rings is 2. The zero-order valence-corrected chi connectivity index (χ0v) is 23.3. The van der Waals surface area contributed by atoms with Crippen LogP contribution in [0.1, 0.15) is 54.9 Å². The van der Waals surface area contributed by atoms with Crippen molar-refractivity contribution in [1.29, 1.82) is 0 Å². The number of morpholine rings is 1. The molecule has 2 aliphatic heterocycles. The number of nitrogens with zero attached hydrogens (tertiary/aromatic N) is 3. The average Bonchev–Trinajstić information content (AvgIpc) is 2.89. The van der Waals surface area contributed by atoms with Gasteiger partial charge in [-0.15, -0.1) is 0 Å². The quantitative estimate of drug-likeness (QED) is 0.410. The van der Waals surface area contributed by atoms with Crippen molar-refractivity contribution in [3.05, 3.63) is 58.7 Å². The van der Waals surface area contributed by atoms with Crippen molar-refractivity contribution in [3.63, 3.8) is 0 Å². The summed E-state index contributed by atoms with van der Waals surface area (Å²) in [5.74, 6) is 0. The van der Waals surface area contributed by atoms with Gasteiger partial charge in [0.1, 0.15) is 0 Å². The fourth-order valence-corrected chi connectivity index (χ4v) is 5.60. The summed E-state index contributed by atoms with van der Waals surface area (Å²) in [7, 11) is 0. The molecule has 196 valence electrons. The molecule has 0 aliphatic carbocycles. The number of ether oxygens (including phenoxy) is 1. The molecule has 1 saturated heterocycles. The molecule has 2 heterocycles. The second-order valence-electron chi connectivity index (χ2n) is 10.4. The van der Waals surface area contributed by atoms with Gasteiger partial charge in [-0.3, -0.25) is 4.90 Å². The number of rotatable bonds is 10. The van der Waals surface area contributed by atoms with E-state index < -0.39 is 0 Å². The first-order valence-electron chi connectivity index (χ1n) is 13.8. The van der Waals surface area contributed by atoms with E-state index in [4.69, 9.17) is 17.0 Å². The Kier molecular flexibility index (Phi) is 10.0. The molecule has 36 heavy (non-hydrogen) atoms. The van der Waals surface area contributed by atoms with Gasteiger partial charge >= 0.3 is 0 Å². The van der Waals surface area contributed by atoms with Crippen LogP contribution in [0.25, 0.3) is 0 Å². The minimum atomic E-state index is 0.811. The summed E-state index contributed by atoms with van der Waals surface area (Å²) >= 11 is 5.98. The lowest BCUT2D eigenvalue weighted by atomic mass is 9.98. The van der Waals surface area contributed by atoms with Crippen LogP contribution in [0.5, 0.6) is 0 Å². The standard InChI is InChI=1S/C30H44N4OS/c1-4-5-14-33-15-6-8-27-22-26(10-12-29(27)33)23-34(16-7-13-32-17-19-35-20-18-32)30(36)31-28-11-9-24(2)21-25(28)3/h9-12,21-22H,4-8,13-20,23H2,1-3H3,(H,31,36). The maximum Gasteiger partial charge on any atom is 0.173 e. The Morgan fingerprint density at radius 1 is 1.03 bits per heavy atom. The lowest BCUT2D eigenvalue weighted by molar-refractivity contribution is 0.0368. The van der Waals surface area contributed by atoms with Crippen molar-refractivity contribution >= 4 is 28.7 Å². The number of hydrogen-bond donors (Lipinski definition) is 1. The largest absolute Gasteiger partial charge is 0.379 e. The van der Waals surface area contributed by atoms with Crippen molar-refractivity contribution in [2.45, 2.75) is 59.4 Å². The third-order valence-corrected chi connectivity index (χ3v) is 7.79. The highest BCUT2D eigenvalue weighted by Gasteiger charge is 2.19. The summed E-state index contributed by atoms with van der Waals surface area (Å²) in [6, 6.07) is 13.6. The van der Waals surface area contributed by atoms with Gasteiger partial charge in [-0.05, 0) is 80.6 Å². The summed E-state index contributed by atoms with van der Waals surface area (Å²) < 4.78 is 5.52. The molecule has 0 spiro atoms. The molecule has 1 fully saturated rings. The first-order chi connectivity index (χ1) is 17.5. The molecule has 0 saturated carbocycles. The zero-order valence-electron chi connectivity index (χ0n) is 22.5. The summed E-state index contributed by atoms with van der Waals surface area (Å²) in [5, 5.41) is 4.37. The molecule has 1 N–H and O–H groups in total. The molecule has 0 amide bonds. The molecule has 4 rings (SSSR count). The number of fused-ring (bicyclic) bond motifs is 1. The van der Waals surface area contributed by atoms with Gasteiger partial charge in [0.15, 0.2) is 5.11 Å². The summed E-state index contributed by atoms with van der Waals surface area (Å²) in [6.07, 6.45) is 6.01. The highest BCUT2D eigenvalue weighted by atomic mass is 32.1. The van der Waals surface area contributed by atoms with E-state index in [2.05, 4.69) is 77.2 Å². The molecule has 0 bridgehead atoms. The van der Waals surface area contributed by atoms with Crippen LogP contribution in [0.3, 0.4) is 0 Å². The molecule has 2 aromatic carbocycles. The maximum absolute atomic E-state index is 5.98. The lowest BCUT2D eigenvalue weighted by Gasteiger charge is -2.33. The van der Waals surface area contributed by atoms with Gasteiger partial charge in [-0.25, -0.2) is 0 Å². The number of aryl methyl sites for hydroxylation is 3. The molecule has 6 heteroatoms. The molecule has 2 aliphatic rings. The Morgan fingerprint density at radius 3 is 2.64 bits per heavy atom. The predicted molar refractivity (Wildman–Crippen MR) is 156 cm³/mol. The van der Waals surface area contributed by atoms with Gasteiger partial charge in [-0.2, -0.15) is 0 Å². The molecular formula is C30H44N4OS. The van der Waals surface area contributed by atoms with Crippen LogP contribution in [0, 0.1) is 13.8 Å². The summed E-state index contributed by atoms with van der Waals surface area (Å²) in [4.78, 5) is 7.44. The smallest absolute Gasteiger partial charge is 0.173 e. The van der Waals surface area contributed by atoms with E-state index in [1.54, 1.807) is 0 Å². The molecule has 0 unspecified atom stereocenters. The topological polar surface area (TPSA) is 31.0 Å². The Bertz CT molecular complexity index is 1000. The Hall–Kier alpha value is -2.15.